The van der Waals surface area contributed by atoms with Gasteiger partial charge in [-0.25, -0.2) is 12.4 Å². The first-order valence-corrected chi connectivity index (χ1v) is 49.5. The second-order valence-corrected chi connectivity index (χ2v) is 35.8. The zero-order chi connectivity index (χ0) is 104. The Bertz CT molecular complexity index is 5520. The van der Waals surface area contributed by atoms with Gasteiger partial charge in [0.1, 0.15) is 110 Å². The number of nitro benzene ring substituents is 4. The van der Waals surface area contributed by atoms with Gasteiger partial charge in [-0.2, -0.15) is 0 Å². The van der Waals surface area contributed by atoms with Crippen molar-refractivity contribution in [2.45, 2.75) is 146 Å². The standard InChI is InChI=1S/C21H26N2O4S.C19H24N2O4.C18H23N3O4.2C18H22N2O4.C14H23NO3/c1-15(2)22-13-17(24)14-27-21-6-4-5-20-19(21)11-12-23(20)28(25,26)18-9-7-16(3)8-10-18;1-15-5-2-9-19(11-15)25-14-18(22)13-20-10-4-7-16-6-3-8-17(12-16)21(23)24;1-14-4-2-7-18(10-14)25-13-17(22)12-19-8-9-20-15-5-3-6-16(11-15)21(23)24;2*21-15(14-24-16-9-2-1-3-10-16)8-6-7-13-19-17-11-4-5-12-18(17)20(22)23;1-17-10-6-5-9-15-11-13(16)12-18-14-7-3-2-4-8-14/h4-12,15,17,22,24H,13-14H2,1-3H3;2-3,5-6,8-9,11-12,18,20,22H,4,7,10,13-14H2,1H3;2-7,10-11,17,19-20,22H,8-9,12-13H2,1H3;2*1-5,9-12,15,19,21H,6-8,13-14H2;2-4,7-8,13,15-16H,5-6,9-12H2,1H3. The Labute approximate surface area is 843 Å². The largest absolute Gasteiger partial charge is 0.491 e. The first-order chi connectivity index (χ1) is 69.5. The Kier molecular flexibility index (Phi) is 55.1. The lowest BCUT2D eigenvalue weighted by Gasteiger charge is -2.15. The highest BCUT2D eigenvalue weighted by Gasteiger charge is 2.22. The second-order valence-electron chi connectivity index (χ2n) is 34.0. The molecule has 35 nitrogen and oxygen atoms in total. The van der Waals surface area contributed by atoms with E-state index in [4.69, 9.17) is 33.2 Å². The average molecular weight is 2010 g/mol. The molecule has 36 heteroatoms. The quantitative estimate of drug-likeness (QED) is 0.00956. The number of non-ortho nitro benzene ring substituents is 2. The number of aromatic nitrogens is 1. The number of aliphatic hydroxyl groups excluding tert-OH is 6. The number of nitrogens with zero attached hydrogens (tertiary/aromatic N) is 5. The van der Waals surface area contributed by atoms with Gasteiger partial charge in [0, 0.05) is 126 Å². The van der Waals surface area contributed by atoms with Gasteiger partial charge in [0.2, 0.25) is 0 Å². The molecular formula is C108H140N12O23S. The topological polar surface area (TPSA) is 482 Å². The lowest BCUT2D eigenvalue weighted by molar-refractivity contribution is -0.385. The van der Waals surface area contributed by atoms with Gasteiger partial charge in [-0.1, -0.05) is 159 Å². The molecule has 1 aromatic heterocycles. The maximum atomic E-state index is 13.0. The van der Waals surface area contributed by atoms with Gasteiger partial charge in [0.05, 0.1) is 42.3 Å². The third kappa shape index (κ3) is 47.9. The number of nitrogens with one attached hydrogen (secondary N) is 7. The minimum Gasteiger partial charge on any atom is -0.491 e. The van der Waals surface area contributed by atoms with Gasteiger partial charge in [-0.05, 0) is 224 Å². The van der Waals surface area contributed by atoms with Crippen LogP contribution in [-0.4, -0.2) is 224 Å². The van der Waals surface area contributed by atoms with Crippen LogP contribution in [0.3, 0.4) is 0 Å². The van der Waals surface area contributed by atoms with Gasteiger partial charge in [-0.15, -0.1) is 0 Å². The number of nitro groups is 4. The van der Waals surface area contributed by atoms with Crippen LogP contribution >= 0.6 is 0 Å². The molecule has 12 aromatic rings. The summed E-state index contributed by atoms with van der Waals surface area (Å²) in [5.41, 5.74) is 6.78. The first kappa shape index (κ1) is 117. The first-order valence-electron chi connectivity index (χ1n) is 48.1. The number of ether oxygens (including phenoxy) is 7. The Morgan fingerprint density at radius 2 is 0.778 bits per heavy atom. The number of fused-ring (bicyclic) bond motifs is 1. The average Bonchev–Trinajstić information content (AvgIpc) is 1.66. The number of unbranched alkanes of at least 4 members (excludes halogenated alkanes) is 3. The predicted octanol–water partition coefficient (Wildman–Crippen LogP) is 16.8. The number of methoxy groups -OCH3 is 1. The summed E-state index contributed by atoms with van der Waals surface area (Å²) in [6.07, 6.45) is 6.37. The molecule has 13 N–H and O–H groups in total. The van der Waals surface area contributed by atoms with Crippen molar-refractivity contribution < 1.29 is 91.9 Å². The summed E-state index contributed by atoms with van der Waals surface area (Å²) in [5, 5.41) is 125. The summed E-state index contributed by atoms with van der Waals surface area (Å²) in [5.74, 6) is 4.32. The monoisotopic (exact) mass is 2000 g/mol. The van der Waals surface area contributed by atoms with Crippen LogP contribution in [0.15, 0.2) is 296 Å². The van der Waals surface area contributed by atoms with Gasteiger partial charge < -0.3 is 101 Å². The molecular weight excluding hydrogens is 1870 g/mol. The number of aryl methyl sites for hydroxylation is 4. The zero-order valence-corrected chi connectivity index (χ0v) is 83.4. The number of hydrogen-bond donors (Lipinski definition) is 13. The minimum absolute atomic E-state index is 0.0571. The van der Waals surface area contributed by atoms with Gasteiger partial charge in [0.25, 0.3) is 32.8 Å². The van der Waals surface area contributed by atoms with Crippen LogP contribution in [0.25, 0.3) is 10.9 Å². The summed E-state index contributed by atoms with van der Waals surface area (Å²) < 4.78 is 65.6. The van der Waals surface area contributed by atoms with E-state index in [1.54, 1.807) is 116 Å². The lowest BCUT2D eigenvalue weighted by atomic mass is 10.1. The van der Waals surface area contributed by atoms with Crippen molar-refractivity contribution in [1.29, 1.82) is 0 Å². The number of hydrogen-bond acceptors (Lipinski definition) is 30. The highest BCUT2D eigenvalue weighted by atomic mass is 32.2. The maximum Gasteiger partial charge on any atom is 0.292 e. The summed E-state index contributed by atoms with van der Waals surface area (Å²) >= 11 is 0. The molecule has 11 aromatic carbocycles. The van der Waals surface area contributed by atoms with E-state index in [2.05, 4.69) is 37.2 Å². The summed E-state index contributed by atoms with van der Waals surface area (Å²) in [6.45, 7) is 18.0. The van der Waals surface area contributed by atoms with E-state index in [-0.39, 0.29) is 71.6 Å². The van der Waals surface area contributed by atoms with Crippen LogP contribution in [0.5, 0.6) is 34.5 Å². The summed E-state index contributed by atoms with van der Waals surface area (Å²) in [6, 6.07) is 83.9. The second kappa shape index (κ2) is 67.7. The number of anilines is 3. The Morgan fingerprint density at radius 1 is 0.361 bits per heavy atom. The molecule has 0 spiro atoms. The molecule has 0 aliphatic rings. The highest BCUT2D eigenvalue weighted by molar-refractivity contribution is 7.90. The van der Waals surface area contributed by atoms with E-state index in [1.165, 1.54) is 40.5 Å². The molecule has 144 heavy (non-hydrogen) atoms. The number of rotatable bonds is 58. The van der Waals surface area contributed by atoms with Crippen LogP contribution in [0.4, 0.5) is 39.8 Å². The molecule has 0 aliphatic heterocycles. The van der Waals surface area contributed by atoms with E-state index in [0.29, 0.717) is 106 Å². The smallest absolute Gasteiger partial charge is 0.292 e. The molecule has 0 radical (unpaired) electrons. The molecule has 6 unspecified atom stereocenters. The molecule has 0 aliphatic carbocycles. The van der Waals surface area contributed by atoms with Crippen molar-refractivity contribution in [2.75, 3.05) is 135 Å². The Balaban J connectivity index is 0.000000235. The van der Waals surface area contributed by atoms with Crippen LogP contribution in [0.1, 0.15) is 93.9 Å². The highest BCUT2D eigenvalue weighted by Crippen LogP contribution is 2.31. The molecule has 0 bridgehead atoms. The van der Waals surface area contributed by atoms with Crippen LogP contribution in [-0.2, 0) is 21.2 Å². The molecule has 6 atom stereocenters. The molecule has 12 rings (SSSR count). The summed E-state index contributed by atoms with van der Waals surface area (Å²) in [7, 11) is -2.00. The number of para-hydroxylation sites is 7. The van der Waals surface area contributed by atoms with Crippen molar-refractivity contribution in [1.82, 2.24) is 25.2 Å². The molecule has 776 valence electrons. The third-order valence-corrected chi connectivity index (χ3v) is 23.0. The fourth-order valence-electron chi connectivity index (χ4n) is 13.7. The normalized spacial score (nSPS) is 12.1. The van der Waals surface area contributed by atoms with E-state index in [1.807, 2.05) is 180 Å². The van der Waals surface area contributed by atoms with Gasteiger partial charge >= 0.3 is 0 Å². The summed E-state index contributed by atoms with van der Waals surface area (Å²) in [4.78, 5) is 41.9. The number of aliphatic hydroxyl groups is 6. The van der Waals surface area contributed by atoms with Crippen molar-refractivity contribution in [3.05, 3.63) is 354 Å². The Morgan fingerprint density at radius 3 is 1.26 bits per heavy atom. The predicted molar refractivity (Wildman–Crippen MR) is 563 cm³/mol. The van der Waals surface area contributed by atoms with Crippen LogP contribution < -0.4 is 65.6 Å². The van der Waals surface area contributed by atoms with Crippen LogP contribution in [0.2, 0.25) is 0 Å². The Hall–Kier alpha value is -13.7. The SMILES string of the molecule is COCCCCNCC(O)COc1ccccc1.Cc1ccc(S(=O)(=O)n2ccc3c(OCC(O)CNC(C)C)cccc32)cc1.Cc1cccc(OCC(O)CNCCCc2cccc([N+](=O)[O-])c2)c1.Cc1cccc(OCC(O)CNCCNc2cccc([N+](=O)[O-])c2)c1.O=[N+]([O-])c1ccccc1NCCCCC(O)COc1ccccc1.O=[N+]([O-])c1ccccc1NCCCCC(O)COc1ccccc1. The molecule has 1 heterocycles. The molecule has 0 amide bonds. The molecule has 0 saturated carbocycles. The minimum atomic E-state index is -3.70. The molecule has 0 fully saturated rings. The van der Waals surface area contributed by atoms with Crippen LogP contribution in [0, 0.1) is 61.2 Å². The maximum absolute atomic E-state index is 13.0. The van der Waals surface area contributed by atoms with Gasteiger partial charge in [0.15, 0.2) is 0 Å². The van der Waals surface area contributed by atoms with E-state index < -0.39 is 61.4 Å². The van der Waals surface area contributed by atoms with Crippen molar-refractivity contribution in [2.24, 2.45) is 0 Å². The van der Waals surface area contributed by atoms with E-state index in [0.717, 1.165) is 122 Å². The number of benzene rings is 11. The fourth-order valence-corrected chi connectivity index (χ4v) is 15.1. The van der Waals surface area contributed by atoms with Gasteiger partial charge in [-0.3, -0.25) is 40.5 Å². The van der Waals surface area contributed by atoms with E-state index in [9.17, 15) is 79.5 Å². The lowest BCUT2D eigenvalue weighted by Crippen LogP contribution is -2.35. The van der Waals surface area contributed by atoms with Crippen molar-refractivity contribution >= 4 is 60.7 Å². The van der Waals surface area contributed by atoms with Crippen molar-refractivity contribution in [3.63, 3.8) is 0 Å². The van der Waals surface area contributed by atoms with Crippen molar-refractivity contribution in [3.8, 4) is 34.5 Å². The zero-order valence-electron chi connectivity index (χ0n) is 82.6. The third-order valence-electron chi connectivity index (χ3n) is 21.3. The van der Waals surface area contributed by atoms with E-state index >= 15 is 0 Å². The molecule has 0 saturated heterocycles. The fraction of sp³-hybridized carbons (Fsp3) is 0.370.